The highest BCUT2D eigenvalue weighted by atomic mass is 16.5. The lowest BCUT2D eigenvalue weighted by Gasteiger charge is -2.32. The SMILES string of the molecule is Cc1cccc(C(OCCO)n2c(NC3CCN(CCN)CC3)nc3ccccc32)n1. The van der Waals surface area contributed by atoms with E-state index in [0.717, 1.165) is 60.8 Å². The quantitative estimate of drug-likeness (QED) is 0.484. The van der Waals surface area contributed by atoms with Crippen LogP contribution in [0.5, 0.6) is 0 Å². The highest BCUT2D eigenvalue weighted by molar-refractivity contribution is 5.79. The van der Waals surface area contributed by atoms with Crippen LogP contribution in [0.3, 0.4) is 0 Å². The molecule has 0 spiro atoms. The second-order valence-corrected chi connectivity index (χ2v) is 7.99. The van der Waals surface area contributed by atoms with E-state index in [-0.39, 0.29) is 13.2 Å². The summed E-state index contributed by atoms with van der Waals surface area (Å²) in [7, 11) is 0. The van der Waals surface area contributed by atoms with E-state index < -0.39 is 6.23 Å². The Morgan fingerprint density at radius 3 is 2.71 bits per heavy atom. The first-order valence-corrected chi connectivity index (χ1v) is 11.0. The van der Waals surface area contributed by atoms with Gasteiger partial charge >= 0.3 is 0 Å². The lowest BCUT2D eigenvalue weighted by molar-refractivity contribution is 0.0114. The minimum absolute atomic E-state index is 0.0582. The van der Waals surface area contributed by atoms with Crippen LogP contribution in [0.2, 0.25) is 0 Å². The Morgan fingerprint density at radius 1 is 1.16 bits per heavy atom. The summed E-state index contributed by atoms with van der Waals surface area (Å²) < 4.78 is 8.18. The number of hydrogen-bond donors (Lipinski definition) is 3. The highest BCUT2D eigenvalue weighted by Crippen LogP contribution is 2.30. The van der Waals surface area contributed by atoms with Crippen molar-refractivity contribution < 1.29 is 9.84 Å². The van der Waals surface area contributed by atoms with E-state index in [0.29, 0.717) is 12.6 Å². The Balaban J connectivity index is 1.68. The first-order chi connectivity index (χ1) is 15.2. The van der Waals surface area contributed by atoms with Crippen LogP contribution >= 0.6 is 0 Å². The molecule has 1 fully saturated rings. The van der Waals surface area contributed by atoms with Crippen LogP contribution in [0.15, 0.2) is 42.5 Å². The molecule has 8 nitrogen and oxygen atoms in total. The van der Waals surface area contributed by atoms with Gasteiger partial charge in [-0.1, -0.05) is 18.2 Å². The summed E-state index contributed by atoms with van der Waals surface area (Å²) in [4.78, 5) is 12.0. The molecule has 3 aromatic rings. The van der Waals surface area contributed by atoms with Crippen LogP contribution in [0, 0.1) is 6.92 Å². The number of likely N-dealkylation sites (tertiary alicyclic amines) is 1. The number of rotatable bonds is 9. The summed E-state index contributed by atoms with van der Waals surface area (Å²) in [5.74, 6) is 0.768. The largest absolute Gasteiger partial charge is 0.394 e. The molecule has 0 bridgehead atoms. The predicted molar refractivity (Wildman–Crippen MR) is 122 cm³/mol. The van der Waals surface area contributed by atoms with Crippen molar-refractivity contribution in [2.75, 3.05) is 44.7 Å². The maximum atomic E-state index is 9.43. The second-order valence-electron chi connectivity index (χ2n) is 7.99. The number of para-hydroxylation sites is 2. The maximum absolute atomic E-state index is 9.43. The molecule has 4 N–H and O–H groups in total. The van der Waals surface area contributed by atoms with Crippen LogP contribution in [0.1, 0.15) is 30.5 Å². The number of pyridine rings is 1. The number of aliphatic hydroxyl groups is 1. The Labute approximate surface area is 183 Å². The molecular weight excluding hydrogens is 392 g/mol. The Morgan fingerprint density at radius 2 is 1.97 bits per heavy atom. The van der Waals surface area contributed by atoms with Gasteiger partial charge in [0, 0.05) is 37.9 Å². The molecule has 1 aliphatic rings. The fraction of sp³-hybridized carbons (Fsp3) is 0.478. The topological polar surface area (TPSA) is 101 Å². The second kappa shape index (κ2) is 10.2. The fourth-order valence-electron chi connectivity index (χ4n) is 4.21. The van der Waals surface area contributed by atoms with Gasteiger partial charge in [-0.05, 0) is 44.0 Å². The number of nitrogens with two attached hydrogens (primary N) is 1. The number of benzene rings is 1. The van der Waals surface area contributed by atoms with Gasteiger partial charge in [0.05, 0.1) is 29.9 Å². The van der Waals surface area contributed by atoms with Gasteiger partial charge in [0.2, 0.25) is 5.95 Å². The zero-order valence-electron chi connectivity index (χ0n) is 18.1. The minimum atomic E-state index is -0.487. The van der Waals surface area contributed by atoms with Crippen LogP contribution in [-0.2, 0) is 4.74 Å². The summed E-state index contributed by atoms with van der Waals surface area (Å²) in [6.07, 6.45) is 1.58. The number of piperidine rings is 1. The molecule has 1 atom stereocenters. The summed E-state index contributed by atoms with van der Waals surface area (Å²) in [5, 5.41) is 13.1. The molecule has 3 heterocycles. The van der Waals surface area contributed by atoms with E-state index in [1.54, 1.807) is 0 Å². The van der Waals surface area contributed by atoms with Gasteiger partial charge < -0.3 is 25.8 Å². The zero-order valence-corrected chi connectivity index (χ0v) is 18.1. The number of hydrogen-bond acceptors (Lipinski definition) is 7. The summed E-state index contributed by atoms with van der Waals surface area (Å²) in [6, 6.07) is 14.3. The normalized spacial score (nSPS) is 16.6. The minimum Gasteiger partial charge on any atom is -0.394 e. The molecular formula is C23H32N6O2. The van der Waals surface area contributed by atoms with Crippen molar-refractivity contribution >= 4 is 17.0 Å². The molecule has 166 valence electrons. The molecule has 0 aliphatic carbocycles. The van der Waals surface area contributed by atoms with E-state index in [4.69, 9.17) is 20.4 Å². The average Bonchev–Trinajstić information content (AvgIpc) is 3.13. The first-order valence-electron chi connectivity index (χ1n) is 11.0. The standard InChI is InChI=1S/C23H32N6O2/c1-17-5-4-7-20(25-17)22(31-16-15-30)29-21-8-3-2-6-19(21)27-23(29)26-18-9-12-28(13-10-18)14-11-24/h2-8,18,22,30H,9-16,24H2,1H3,(H,26,27). The molecule has 2 aromatic heterocycles. The predicted octanol–water partition coefficient (Wildman–Crippen LogP) is 2.13. The van der Waals surface area contributed by atoms with Crippen molar-refractivity contribution in [3.05, 3.63) is 53.9 Å². The molecule has 1 aromatic carbocycles. The van der Waals surface area contributed by atoms with Gasteiger partial charge in [0.15, 0.2) is 6.23 Å². The molecule has 31 heavy (non-hydrogen) atoms. The number of imidazole rings is 1. The number of aliphatic hydroxyl groups excluding tert-OH is 1. The van der Waals surface area contributed by atoms with Gasteiger partial charge in [-0.25, -0.2) is 4.98 Å². The smallest absolute Gasteiger partial charge is 0.206 e. The number of anilines is 1. The number of ether oxygens (including phenoxy) is 1. The lowest BCUT2D eigenvalue weighted by atomic mass is 10.1. The zero-order chi connectivity index (χ0) is 21.6. The third kappa shape index (κ3) is 5.04. The van der Waals surface area contributed by atoms with Crippen molar-refractivity contribution in [3.63, 3.8) is 0 Å². The van der Waals surface area contributed by atoms with E-state index in [2.05, 4.69) is 14.8 Å². The first kappa shape index (κ1) is 21.7. The van der Waals surface area contributed by atoms with Gasteiger partial charge in [0.1, 0.15) is 0 Å². The van der Waals surface area contributed by atoms with Gasteiger partial charge in [-0.2, -0.15) is 0 Å². The lowest BCUT2D eigenvalue weighted by Crippen LogP contribution is -2.41. The van der Waals surface area contributed by atoms with E-state index in [1.165, 1.54) is 0 Å². The van der Waals surface area contributed by atoms with Crippen LogP contribution in [0.25, 0.3) is 11.0 Å². The number of fused-ring (bicyclic) bond motifs is 1. The third-order valence-electron chi connectivity index (χ3n) is 5.73. The Bertz CT molecular complexity index is 983. The molecule has 8 heteroatoms. The number of nitrogens with one attached hydrogen (secondary N) is 1. The summed E-state index contributed by atoms with van der Waals surface area (Å²) in [6.45, 7) is 5.81. The van der Waals surface area contributed by atoms with Crippen molar-refractivity contribution in [1.82, 2.24) is 19.4 Å². The summed E-state index contributed by atoms with van der Waals surface area (Å²) >= 11 is 0. The molecule has 1 unspecified atom stereocenters. The van der Waals surface area contributed by atoms with Crippen molar-refractivity contribution in [2.45, 2.75) is 32.0 Å². The maximum Gasteiger partial charge on any atom is 0.206 e. The van der Waals surface area contributed by atoms with Crippen LogP contribution in [0.4, 0.5) is 5.95 Å². The Kier molecular flexibility index (Phi) is 7.14. The molecule has 0 radical (unpaired) electrons. The van der Waals surface area contributed by atoms with Crippen molar-refractivity contribution in [3.8, 4) is 0 Å². The third-order valence-corrected chi connectivity index (χ3v) is 5.73. The summed E-state index contributed by atoms with van der Waals surface area (Å²) in [5.41, 5.74) is 9.29. The molecule has 1 aliphatic heterocycles. The van der Waals surface area contributed by atoms with Crippen LogP contribution < -0.4 is 11.1 Å². The Hall–Kier alpha value is -2.52. The monoisotopic (exact) mass is 424 g/mol. The van der Waals surface area contributed by atoms with Crippen molar-refractivity contribution in [1.29, 1.82) is 0 Å². The van der Waals surface area contributed by atoms with Gasteiger partial charge in [0.25, 0.3) is 0 Å². The average molecular weight is 425 g/mol. The number of aromatic nitrogens is 3. The molecule has 0 amide bonds. The van der Waals surface area contributed by atoms with Crippen molar-refractivity contribution in [2.24, 2.45) is 5.73 Å². The number of aryl methyl sites for hydroxylation is 1. The van der Waals surface area contributed by atoms with Gasteiger partial charge in [-0.15, -0.1) is 0 Å². The molecule has 1 saturated heterocycles. The number of nitrogens with zero attached hydrogens (tertiary/aromatic N) is 4. The van der Waals surface area contributed by atoms with E-state index in [9.17, 15) is 5.11 Å². The van der Waals surface area contributed by atoms with Gasteiger partial charge in [-0.3, -0.25) is 9.55 Å². The highest BCUT2D eigenvalue weighted by Gasteiger charge is 2.26. The molecule has 4 rings (SSSR count). The fourth-order valence-corrected chi connectivity index (χ4v) is 4.21. The molecule has 0 saturated carbocycles. The van der Waals surface area contributed by atoms with Crippen LogP contribution in [-0.4, -0.2) is 70.0 Å². The van der Waals surface area contributed by atoms with E-state index >= 15 is 0 Å². The van der Waals surface area contributed by atoms with E-state index in [1.807, 2.05) is 49.4 Å².